The molecule has 1 aromatic rings. The number of nitrogens with zero attached hydrogens (tertiary/aromatic N) is 3. The summed E-state index contributed by atoms with van der Waals surface area (Å²) >= 11 is 0. The highest BCUT2D eigenvalue weighted by Crippen LogP contribution is 2.26. The van der Waals surface area contributed by atoms with Gasteiger partial charge in [0, 0.05) is 39.2 Å². The van der Waals surface area contributed by atoms with Crippen molar-refractivity contribution in [2.24, 2.45) is 10.3 Å². The molecule has 1 aromatic carbocycles. The van der Waals surface area contributed by atoms with Crippen LogP contribution in [0, 0.1) is 5.92 Å². The molecule has 0 fully saturated rings. The van der Waals surface area contributed by atoms with Crippen LogP contribution in [0.5, 0.6) is 0 Å². The highest BCUT2D eigenvalue weighted by atomic mass is 32.2. The second-order valence-electron chi connectivity index (χ2n) is 6.42. The molecule has 1 aliphatic rings. The third-order valence-corrected chi connectivity index (χ3v) is 5.58. The van der Waals surface area contributed by atoms with E-state index in [1.54, 1.807) is 44.1 Å². The molecule has 2 rings (SSSR count). The number of fused-ring (bicyclic) bond motifs is 1. The molecule has 26 heavy (non-hydrogen) atoms. The lowest BCUT2D eigenvalue weighted by Gasteiger charge is -2.21. The van der Waals surface area contributed by atoms with Crippen LogP contribution in [0.15, 0.2) is 33.6 Å². The quantitative estimate of drug-likeness (QED) is 0.756. The van der Waals surface area contributed by atoms with Crippen LogP contribution >= 0.6 is 0 Å². The summed E-state index contributed by atoms with van der Waals surface area (Å²) in [5.41, 5.74) is 0.564. The molecule has 0 saturated carbocycles. The fourth-order valence-electron chi connectivity index (χ4n) is 2.72. The van der Waals surface area contributed by atoms with E-state index < -0.39 is 21.9 Å². The van der Waals surface area contributed by atoms with Gasteiger partial charge in [-0.1, -0.05) is 19.1 Å². The molecule has 0 saturated heterocycles. The number of hydrogen-bond acceptors (Lipinski definition) is 5. The Morgan fingerprint density at radius 1 is 1.23 bits per heavy atom. The molecule has 1 unspecified atom stereocenters. The number of carbonyl (C=O) groups excluding carboxylic acids is 1. The van der Waals surface area contributed by atoms with Gasteiger partial charge >= 0.3 is 5.97 Å². The molecule has 142 valence electrons. The molecule has 1 heterocycles. The lowest BCUT2D eigenvalue weighted by Crippen LogP contribution is -2.34. The van der Waals surface area contributed by atoms with Gasteiger partial charge in [-0.2, -0.15) is 8.42 Å². The Labute approximate surface area is 153 Å². The summed E-state index contributed by atoms with van der Waals surface area (Å²) in [6, 6.07) is 6.64. The maximum absolute atomic E-state index is 12.1. The molecule has 1 aliphatic heterocycles. The lowest BCUT2D eigenvalue weighted by molar-refractivity contribution is -0.142. The van der Waals surface area contributed by atoms with E-state index in [2.05, 4.69) is 4.40 Å². The van der Waals surface area contributed by atoms with Crippen molar-refractivity contribution in [3.8, 4) is 0 Å². The second kappa shape index (κ2) is 7.86. The maximum atomic E-state index is 12.1. The summed E-state index contributed by atoms with van der Waals surface area (Å²) in [4.78, 5) is 26.3. The normalized spacial score (nSPS) is 15.7. The zero-order valence-electron chi connectivity index (χ0n) is 15.0. The number of carbonyl (C=O) groups is 2. The van der Waals surface area contributed by atoms with Crippen molar-refractivity contribution < 1.29 is 23.1 Å². The SMILES string of the molecule is CC(CN(C)C(=O)CCCN(C)C1=NS(=O)(=O)c2ccccc21)C(=O)O. The van der Waals surface area contributed by atoms with Gasteiger partial charge < -0.3 is 14.9 Å². The molecule has 0 bridgehead atoms. The first kappa shape index (κ1) is 19.9. The Balaban J connectivity index is 1.91. The van der Waals surface area contributed by atoms with E-state index in [-0.39, 0.29) is 23.8 Å². The highest BCUT2D eigenvalue weighted by Gasteiger charge is 2.30. The zero-order chi connectivity index (χ0) is 19.5. The molecule has 0 spiro atoms. The largest absolute Gasteiger partial charge is 0.481 e. The van der Waals surface area contributed by atoms with Crippen molar-refractivity contribution in [2.45, 2.75) is 24.7 Å². The molecule has 0 radical (unpaired) electrons. The number of benzene rings is 1. The van der Waals surface area contributed by atoms with Crippen LogP contribution in [0.2, 0.25) is 0 Å². The summed E-state index contributed by atoms with van der Waals surface area (Å²) in [5, 5.41) is 8.90. The van der Waals surface area contributed by atoms with Crippen LogP contribution < -0.4 is 0 Å². The topological polar surface area (TPSA) is 107 Å². The first-order valence-electron chi connectivity index (χ1n) is 8.25. The van der Waals surface area contributed by atoms with E-state index in [9.17, 15) is 18.0 Å². The van der Waals surface area contributed by atoms with Crippen molar-refractivity contribution in [1.82, 2.24) is 9.80 Å². The predicted molar refractivity (Wildman–Crippen MR) is 96.5 cm³/mol. The molecule has 9 heteroatoms. The number of aliphatic carboxylic acids is 1. The number of amidine groups is 1. The van der Waals surface area contributed by atoms with Crippen molar-refractivity contribution in [2.75, 3.05) is 27.2 Å². The monoisotopic (exact) mass is 381 g/mol. The first-order chi connectivity index (χ1) is 12.1. The summed E-state index contributed by atoms with van der Waals surface area (Å²) in [5.74, 6) is -1.33. The van der Waals surface area contributed by atoms with Crippen LogP contribution in [-0.4, -0.2) is 68.2 Å². The molecule has 1 amide bonds. The van der Waals surface area contributed by atoms with Gasteiger partial charge in [0.2, 0.25) is 5.91 Å². The third kappa shape index (κ3) is 4.40. The molecule has 1 N–H and O–H groups in total. The van der Waals surface area contributed by atoms with Crippen LogP contribution in [-0.2, 0) is 19.6 Å². The Bertz CT molecular complexity index is 835. The number of hydrogen-bond donors (Lipinski definition) is 1. The third-order valence-electron chi connectivity index (χ3n) is 4.25. The summed E-state index contributed by atoms with van der Waals surface area (Å²) in [7, 11) is -0.349. The van der Waals surface area contributed by atoms with E-state index >= 15 is 0 Å². The smallest absolute Gasteiger partial charge is 0.308 e. The molecule has 0 aliphatic carbocycles. The Hall–Kier alpha value is -2.42. The summed E-state index contributed by atoms with van der Waals surface area (Å²) < 4.78 is 28.0. The molecule has 0 aromatic heterocycles. The molecular weight excluding hydrogens is 358 g/mol. The van der Waals surface area contributed by atoms with E-state index in [1.165, 1.54) is 11.0 Å². The summed E-state index contributed by atoms with van der Waals surface area (Å²) in [6.07, 6.45) is 0.747. The lowest BCUT2D eigenvalue weighted by atomic mass is 10.1. The highest BCUT2D eigenvalue weighted by molar-refractivity contribution is 7.90. The number of rotatable bonds is 7. The van der Waals surface area contributed by atoms with Gasteiger partial charge in [-0.15, -0.1) is 4.40 Å². The van der Waals surface area contributed by atoms with E-state index in [0.717, 1.165) is 0 Å². The Kier molecular flexibility index (Phi) is 6.01. The number of carboxylic acid groups (broad SMARTS) is 1. The minimum atomic E-state index is -3.66. The molecule has 1 atom stereocenters. The molecular formula is C17H23N3O5S. The van der Waals surface area contributed by atoms with Crippen molar-refractivity contribution in [3.05, 3.63) is 29.8 Å². The molecule has 8 nitrogen and oxygen atoms in total. The first-order valence-corrected chi connectivity index (χ1v) is 9.69. The van der Waals surface area contributed by atoms with Crippen molar-refractivity contribution >= 4 is 27.7 Å². The number of sulfonamides is 1. The fraction of sp³-hybridized carbons (Fsp3) is 0.471. The summed E-state index contributed by atoms with van der Waals surface area (Å²) in [6.45, 7) is 2.16. The van der Waals surface area contributed by atoms with Gasteiger partial charge in [0.25, 0.3) is 10.0 Å². The van der Waals surface area contributed by atoms with Gasteiger partial charge in [0.05, 0.1) is 5.92 Å². The average molecular weight is 381 g/mol. The predicted octanol–water partition coefficient (Wildman–Crippen LogP) is 1.03. The van der Waals surface area contributed by atoms with Gasteiger partial charge in [-0.05, 0) is 18.6 Å². The van der Waals surface area contributed by atoms with Crippen LogP contribution in [0.4, 0.5) is 0 Å². The van der Waals surface area contributed by atoms with Gasteiger partial charge in [-0.3, -0.25) is 9.59 Å². The van der Waals surface area contributed by atoms with E-state index in [0.29, 0.717) is 24.4 Å². The minimum Gasteiger partial charge on any atom is -0.481 e. The van der Waals surface area contributed by atoms with Gasteiger partial charge in [0.15, 0.2) is 0 Å². The number of carboxylic acids is 1. The minimum absolute atomic E-state index is 0.145. The maximum Gasteiger partial charge on any atom is 0.308 e. The Morgan fingerprint density at radius 2 is 1.88 bits per heavy atom. The Morgan fingerprint density at radius 3 is 2.54 bits per heavy atom. The zero-order valence-corrected chi connectivity index (χ0v) is 15.9. The van der Waals surface area contributed by atoms with Crippen molar-refractivity contribution in [1.29, 1.82) is 0 Å². The van der Waals surface area contributed by atoms with Crippen LogP contribution in [0.1, 0.15) is 25.3 Å². The standard InChI is InChI=1S/C17H23N3O5S/c1-12(17(22)23)11-20(3)15(21)9-6-10-19(2)16-13-7-4-5-8-14(13)26(24,25)18-16/h4-5,7-8,12H,6,9-11H2,1-3H3,(H,22,23). The van der Waals surface area contributed by atoms with E-state index in [1.807, 2.05) is 0 Å². The van der Waals surface area contributed by atoms with Crippen molar-refractivity contribution in [3.63, 3.8) is 0 Å². The number of amides is 1. The van der Waals surface area contributed by atoms with Gasteiger partial charge in [0.1, 0.15) is 10.7 Å². The average Bonchev–Trinajstić information content (AvgIpc) is 2.86. The van der Waals surface area contributed by atoms with Gasteiger partial charge in [-0.25, -0.2) is 0 Å². The van der Waals surface area contributed by atoms with E-state index in [4.69, 9.17) is 5.11 Å². The van der Waals surface area contributed by atoms with Crippen LogP contribution in [0.25, 0.3) is 0 Å². The van der Waals surface area contributed by atoms with Crippen LogP contribution in [0.3, 0.4) is 0 Å². The fourth-order valence-corrected chi connectivity index (χ4v) is 3.97. The second-order valence-corrected chi connectivity index (χ2v) is 8.00.